The third kappa shape index (κ3) is 3.49. The van der Waals surface area contributed by atoms with Crippen molar-refractivity contribution in [3.63, 3.8) is 0 Å². The van der Waals surface area contributed by atoms with Crippen molar-refractivity contribution in [2.75, 3.05) is 12.4 Å². The standard InChI is InChI=1S/C22H22N4O/c1-15(2)16-7-9-18(10-8-16)24-21-11-12-26-22(25-21)20(14-23-26)17-5-4-6-19(13-17)27-3/h4-15H,1-3H3,(H,24,25). The highest BCUT2D eigenvalue weighted by atomic mass is 16.5. The van der Waals surface area contributed by atoms with Gasteiger partial charge in [0.15, 0.2) is 5.65 Å². The number of anilines is 2. The summed E-state index contributed by atoms with van der Waals surface area (Å²) >= 11 is 0. The van der Waals surface area contributed by atoms with Crippen LogP contribution in [0.2, 0.25) is 0 Å². The Hall–Kier alpha value is -3.34. The number of ether oxygens (including phenoxy) is 1. The molecular weight excluding hydrogens is 336 g/mol. The molecule has 5 heteroatoms. The van der Waals surface area contributed by atoms with E-state index in [0.29, 0.717) is 5.92 Å². The van der Waals surface area contributed by atoms with Gasteiger partial charge in [-0.15, -0.1) is 0 Å². The molecule has 136 valence electrons. The lowest BCUT2D eigenvalue weighted by Gasteiger charge is -2.09. The molecule has 1 N–H and O–H groups in total. The van der Waals surface area contributed by atoms with Gasteiger partial charge in [0.25, 0.3) is 0 Å². The Bertz CT molecular complexity index is 1070. The van der Waals surface area contributed by atoms with Gasteiger partial charge in [-0.2, -0.15) is 5.10 Å². The lowest BCUT2D eigenvalue weighted by molar-refractivity contribution is 0.415. The fraction of sp³-hybridized carbons (Fsp3) is 0.182. The highest BCUT2D eigenvalue weighted by Gasteiger charge is 2.10. The summed E-state index contributed by atoms with van der Waals surface area (Å²) in [5.74, 6) is 2.11. The minimum atomic E-state index is 0.519. The average Bonchev–Trinajstić information content (AvgIpc) is 3.12. The van der Waals surface area contributed by atoms with E-state index in [4.69, 9.17) is 9.72 Å². The number of benzene rings is 2. The number of nitrogens with zero attached hydrogens (tertiary/aromatic N) is 3. The van der Waals surface area contributed by atoms with Gasteiger partial charge < -0.3 is 10.1 Å². The van der Waals surface area contributed by atoms with Crippen molar-refractivity contribution in [1.82, 2.24) is 14.6 Å². The minimum Gasteiger partial charge on any atom is -0.497 e. The quantitative estimate of drug-likeness (QED) is 0.528. The van der Waals surface area contributed by atoms with Crippen molar-refractivity contribution >= 4 is 17.2 Å². The van der Waals surface area contributed by atoms with Gasteiger partial charge in [-0.3, -0.25) is 0 Å². The van der Waals surface area contributed by atoms with Gasteiger partial charge in [0.2, 0.25) is 0 Å². The van der Waals surface area contributed by atoms with Crippen LogP contribution in [0.25, 0.3) is 16.8 Å². The summed E-state index contributed by atoms with van der Waals surface area (Å²) in [6.07, 6.45) is 3.75. The molecule has 2 aromatic carbocycles. The van der Waals surface area contributed by atoms with Crippen molar-refractivity contribution in [1.29, 1.82) is 0 Å². The first-order valence-corrected chi connectivity index (χ1v) is 9.00. The first-order chi connectivity index (χ1) is 13.1. The van der Waals surface area contributed by atoms with Gasteiger partial charge in [-0.25, -0.2) is 9.50 Å². The maximum atomic E-state index is 5.33. The zero-order chi connectivity index (χ0) is 18.8. The lowest BCUT2D eigenvalue weighted by atomic mass is 10.0. The van der Waals surface area contributed by atoms with Crippen molar-refractivity contribution in [3.8, 4) is 16.9 Å². The highest BCUT2D eigenvalue weighted by Crippen LogP contribution is 2.28. The molecule has 0 bridgehead atoms. The molecule has 2 aromatic heterocycles. The molecule has 2 heterocycles. The fourth-order valence-electron chi connectivity index (χ4n) is 3.03. The summed E-state index contributed by atoms with van der Waals surface area (Å²) < 4.78 is 7.11. The predicted octanol–water partition coefficient (Wildman–Crippen LogP) is 5.27. The van der Waals surface area contributed by atoms with E-state index in [1.54, 1.807) is 11.6 Å². The van der Waals surface area contributed by atoms with E-state index in [0.717, 1.165) is 34.0 Å². The summed E-state index contributed by atoms with van der Waals surface area (Å²) in [5, 5.41) is 7.79. The van der Waals surface area contributed by atoms with Gasteiger partial charge in [0.05, 0.1) is 13.3 Å². The summed E-state index contributed by atoms with van der Waals surface area (Å²) in [7, 11) is 1.67. The molecular formula is C22H22N4O. The Balaban J connectivity index is 1.67. The van der Waals surface area contributed by atoms with Crippen LogP contribution in [0, 0.1) is 0 Å². The molecule has 0 spiro atoms. The molecule has 0 fully saturated rings. The van der Waals surface area contributed by atoms with Crippen molar-refractivity contribution in [2.24, 2.45) is 0 Å². The van der Waals surface area contributed by atoms with Crippen LogP contribution in [0.1, 0.15) is 25.3 Å². The molecule has 0 aliphatic carbocycles. The van der Waals surface area contributed by atoms with Gasteiger partial charge in [0.1, 0.15) is 11.6 Å². The molecule has 0 aliphatic heterocycles. The Morgan fingerprint density at radius 3 is 2.59 bits per heavy atom. The van der Waals surface area contributed by atoms with E-state index in [2.05, 4.69) is 48.5 Å². The second-order valence-corrected chi connectivity index (χ2v) is 6.77. The predicted molar refractivity (Wildman–Crippen MR) is 109 cm³/mol. The van der Waals surface area contributed by atoms with Crippen LogP contribution >= 0.6 is 0 Å². The topological polar surface area (TPSA) is 51.5 Å². The highest BCUT2D eigenvalue weighted by molar-refractivity contribution is 5.78. The van der Waals surface area contributed by atoms with Crippen LogP contribution in [0.3, 0.4) is 0 Å². The second-order valence-electron chi connectivity index (χ2n) is 6.77. The summed E-state index contributed by atoms with van der Waals surface area (Å²) in [6.45, 7) is 4.38. The van der Waals surface area contributed by atoms with E-state index in [1.807, 2.05) is 42.7 Å². The number of fused-ring (bicyclic) bond motifs is 1. The molecule has 4 aromatic rings. The molecule has 0 saturated carbocycles. The number of methoxy groups -OCH3 is 1. The van der Waals surface area contributed by atoms with E-state index < -0.39 is 0 Å². The Labute approximate surface area is 158 Å². The third-order valence-corrected chi connectivity index (χ3v) is 4.60. The lowest BCUT2D eigenvalue weighted by Crippen LogP contribution is -1.98. The smallest absolute Gasteiger partial charge is 0.165 e. The van der Waals surface area contributed by atoms with Crippen molar-refractivity contribution < 1.29 is 4.74 Å². The average molecular weight is 358 g/mol. The molecule has 0 saturated heterocycles. The van der Waals surface area contributed by atoms with E-state index in [-0.39, 0.29) is 0 Å². The number of rotatable bonds is 5. The minimum absolute atomic E-state index is 0.519. The van der Waals surface area contributed by atoms with Crippen LogP contribution in [0.4, 0.5) is 11.5 Å². The zero-order valence-corrected chi connectivity index (χ0v) is 15.7. The zero-order valence-electron chi connectivity index (χ0n) is 15.7. The number of hydrogen-bond donors (Lipinski definition) is 1. The van der Waals surface area contributed by atoms with Gasteiger partial charge in [0, 0.05) is 17.4 Å². The molecule has 27 heavy (non-hydrogen) atoms. The maximum Gasteiger partial charge on any atom is 0.165 e. The third-order valence-electron chi connectivity index (χ3n) is 4.60. The number of aromatic nitrogens is 3. The summed E-state index contributed by atoms with van der Waals surface area (Å²) in [5.41, 5.74) is 5.12. The largest absolute Gasteiger partial charge is 0.497 e. The Morgan fingerprint density at radius 1 is 1.04 bits per heavy atom. The monoisotopic (exact) mass is 358 g/mol. The molecule has 5 nitrogen and oxygen atoms in total. The van der Waals surface area contributed by atoms with E-state index in [9.17, 15) is 0 Å². The maximum absolute atomic E-state index is 5.33. The van der Waals surface area contributed by atoms with Gasteiger partial charge >= 0.3 is 0 Å². The van der Waals surface area contributed by atoms with Crippen LogP contribution in [-0.4, -0.2) is 21.7 Å². The van der Waals surface area contributed by atoms with E-state index >= 15 is 0 Å². The molecule has 0 amide bonds. The Morgan fingerprint density at radius 2 is 1.85 bits per heavy atom. The summed E-state index contributed by atoms with van der Waals surface area (Å²) in [4.78, 5) is 4.77. The van der Waals surface area contributed by atoms with Gasteiger partial charge in [-0.1, -0.05) is 38.1 Å². The molecule has 0 atom stereocenters. The Kier molecular flexibility index (Phi) is 4.50. The normalized spacial score (nSPS) is 11.1. The van der Waals surface area contributed by atoms with Crippen LogP contribution < -0.4 is 10.1 Å². The first-order valence-electron chi connectivity index (χ1n) is 9.00. The molecule has 4 rings (SSSR count). The SMILES string of the molecule is COc1cccc(-c2cnn3ccc(Nc4ccc(C(C)C)cc4)nc23)c1. The van der Waals surface area contributed by atoms with Crippen LogP contribution in [-0.2, 0) is 0 Å². The fourth-order valence-corrected chi connectivity index (χ4v) is 3.03. The van der Waals surface area contributed by atoms with Gasteiger partial charge in [-0.05, 0) is 47.4 Å². The second kappa shape index (κ2) is 7.11. The first kappa shape index (κ1) is 17.1. The van der Waals surface area contributed by atoms with Crippen LogP contribution in [0.15, 0.2) is 67.0 Å². The van der Waals surface area contributed by atoms with E-state index in [1.165, 1.54) is 5.56 Å². The molecule has 0 unspecified atom stereocenters. The molecule has 0 radical (unpaired) electrons. The summed E-state index contributed by atoms with van der Waals surface area (Å²) in [6, 6.07) is 18.3. The number of hydrogen-bond acceptors (Lipinski definition) is 4. The van der Waals surface area contributed by atoms with Crippen LogP contribution in [0.5, 0.6) is 5.75 Å². The number of nitrogens with one attached hydrogen (secondary N) is 1. The van der Waals surface area contributed by atoms with Crippen molar-refractivity contribution in [2.45, 2.75) is 19.8 Å². The van der Waals surface area contributed by atoms with Crippen molar-refractivity contribution in [3.05, 3.63) is 72.6 Å². The molecule has 0 aliphatic rings.